The molecular formula is C33H40O11. The number of esters is 4. The van der Waals surface area contributed by atoms with E-state index in [0.29, 0.717) is 24.0 Å². The maximum Gasteiger partial charge on any atom is 0.338 e. The van der Waals surface area contributed by atoms with Crippen molar-refractivity contribution in [2.75, 3.05) is 0 Å². The third-order valence-corrected chi connectivity index (χ3v) is 8.06. The van der Waals surface area contributed by atoms with Crippen LogP contribution in [0.4, 0.5) is 0 Å². The summed E-state index contributed by atoms with van der Waals surface area (Å²) < 4.78 is 34.7. The third kappa shape index (κ3) is 7.39. The Hall–Kier alpha value is -3.96. The molecular weight excluding hydrogens is 572 g/mol. The van der Waals surface area contributed by atoms with Crippen molar-refractivity contribution in [1.82, 2.24) is 0 Å². The largest absolute Gasteiger partial charge is 0.462 e. The molecule has 1 aliphatic carbocycles. The highest BCUT2D eigenvalue weighted by atomic mass is 16.7. The van der Waals surface area contributed by atoms with E-state index in [1.165, 1.54) is 27.0 Å². The number of rotatable bonds is 8. The Morgan fingerprint density at radius 3 is 2.25 bits per heavy atom. The predicted molar refractivity (Wildman–Crippen MR) is 156 cm³/mol. The monoisotopic (exact) mass is 612 g/mol. The first kappa shape index (κ1) is 32.9. The van der Waals surface area contributed by atoms with E-state index in [-0.39, 0.29) is 5.57 Å². The molecule has 0 bridgehead atoms. The van der Waals surface area contributed by atoms with Crippen LogP contribution in [0.25, 0.3) is 0 Å². The summed E-state index contributed by atoms with van der Waals surface area (Å²) >= 11 is 0. The van der Waals surface area contributed by atoms with Crippen LogP contribution in [0.2, 0.25) is 0 Å². The van der Waals surface area contributed by atoms with Crippen LogP contribution in [0.5, 0.6) is 0 Å². The Kier molecular flexibility index (Phi) is 10.00. The molecule has 0 aromatic heterocycles. The van der Waals surface area contributed by atoms with Gasteiger partial charge in [0.25, 0.3) is 0 Å². The molecule has 11 nitrogen and oxygen atoms in total. The summed E-state index contributed by atoms with van der Waals surface area (Å²) in [6, 6.07) is 8.38. The Balaban J connectivity index is 1.78. The zero-order valence-corrected chi connectivity index (χ0v) is 25.8. The minimum Gasteiger partial charge on any atom is -0.462 e. The number of epoxide rings is 1. The maximum atomic E-state index is 13.1. The van der Waals surface area contributed by atoms with Gasteiger partial charge in [-0.2, -0.15) is 0 Å². The Labute approximate surface area is 256 Å². The van der Waals surface area contributed by atoms with Crippen molar-refractivity contribution < 1.29 is 52.7 Å². The summed E-state index contributed by atoms with van der Waals surface area (Å²) in [5.41, 5.74) is 0.940. The first-order chi connectivity index (χ1) is 20.7. The lowest BCUT2D eigenvalue weighted by Gasteiger charge is -2.42. The maximum absolute atomic E-state index is 13.1. The van der Waals surface area contributed by atoms with E-state index in [4.69, 9.17) is 28.4 Å². The number of aliphatic hydroxyl groups is 1. The van der Waals surface area contributed by atoms with Crippen LogP contribution >= 0.6 is 0 Å². The fraction of sp³-hybridized carbons (Fsp3) is 0.515. The van der Waals surface area contributed by atoms with Crippen molar-refractivity contribution in [3.8, 4) is 0 Å². The lowest BCUT2D eigenvalue weighted by molar-refractivity contribution is -0.184. The molecule has 0 unspecified atom stereocenters. The molecule has 2 fully saturated rings. The fourth-order valence-electron chi connectivity index (χ4n) is 6.02. The SMILES string of the molecule is C=C1[C@@H]2[C@H](OC(C)=O)OC=C([C@H](OC(C)=O)[C@@H](C=C(C)C)OC(C)=O)[C@H]2CC[C@]2(C)O[C@H]2[C@@H](OC(=O)c2ccccc2)[C@H]1O. The summed E-state index contributed by atoms with van der Waals surface area (Å²) in [6.07, 6.45) is -2.71. The molecule has 11 heteroatoms. The topological polar surface area (TPSA) is 147 Å². The number of fused-ring (bicyclic) bond motifs is 2. The lowest BCUT2D eigenvalue weighted by Crippen LogP contribution is -2.47. The second-order valence-electron chi connectivity index (χ2n) is 11.9. The van der Waals surface area contributed by atoms with Gasteiger partial charge in [0.1, 0.15) is 12.2 Å². The van der Waals surface area contributed by atoms with Gasteiger partial charge < -0.3 is 33.5 Å². The molecule has 3 aliphatic rings. The summed E-state index contributed by atoms with van der Waals surface area (Å²) in [4.78, 5) is 49.7. The lowest BCUT2D eigenvalue weighted by atomic mass is 9.73. The van der Waals surface area contributed by atoms with Gasteiger partial charge in [0, 0.05) is 32.3 Å². The van der Waals surface area contributed by atoms with Gasteiger partial charge in [0.15, 0.2) is 18.3 Å². The van der Waals surface area contributed by atoms with Crippen molar-refractivity contribution in [2.45, 2.75) is 96.8 Å². The number of aliphatic hydroxyl groups excluding tert-OH is 1. The zero-order chi connectivity index (χ0) is 32.3. The number of carbonyl (C=O) groups excluding carboxylic acids is 4. The van der Waals surface area contributed by atoms with Gasteiger partial charge in [-0.25, -0.2) is 4.79 Å². The molecule has 2 heterocycles. The Morgan fingerprint density at radius 2 is 1.66 bits per heavy atom. The quantitative estimate of drug-likeness (QED) is 0.197. The molecule has 238 valence electrons. The third-order valence-electron chi connectivity index (χ3n) is 8.06. The van der Waals surface area contributed by atoms with E-state index in [1.807, 2.05) is 20.8 Å². The summed E-state index contributed by atoms with van der Waals surface area (Å²) in [5, 5.41) is 11.7. The number of hydrogen-bond acceptors (Lipinski definition) is 11. The standard InChI is InChI=1S/C33H40O11/c1-17(2)15-25(40-19(4)34)28(41-20(5)35)24-16-39-32(42-21(6)36)26-18(3)27(37)29(30-33(7,44-30)14-13-23(24)26)43-31(38)22-11-9-8-10-12-22/h8-12,15-16,23,25-30,32,37H,3,13-14H2,1-2,4-7H3/t23-,25-,26+,27+,28+,29+,30+,32+,33+/m1/s1. The van der Waals surface area contributed by atoms with E-state index in [0.717, 1.165) is 5.57 Å². The van der Waals surface area contributed by atoms with Gasteiger partial charge in [-0.05, 0) is 57.4 Å². The van der Waals surface area contributed by atoms with Gasteiger partial charge in [0.2, 0.25) is 6.29 Å². The Morgan fingerprint density at radius 1 is 1.00 bits per heavy atom. The number of ether oxygens (including phenoxy) is 6. The van der Waals surface area contributed by atoms with E-state index >= 15 is 0 Å². The minimum absolute atomic E-state index is 0.172. The van der Waals surface area contributed by atoms with E-state index in [9.17, 15) is 24.3 Å². The molecule has 1 aromatic carbocycles. The first-order valence-corrected chi connectivity index (χ1v) is 14.5. The summed E-state index contributed by atoms with van der Waals surface area (Å²) in [6.45, 7) is 13.4. The van der Waals surface area contributed by atoms with E-state index in [1.54, 1.807) is 36.4 Å². The highest BCUT2D eigenvalue weighted by Gasteiger charge is 2.62. The average Bonchev–Trinajstić information content (AvgIpc) is 3.61. The number of benzene rings is 1. The van der Waals surface area contributed by atoms with Crippen molar-refractivity contribution in [1.29, 1.82) is 0 Å². The van der Waals surface area contributed by atoms with Gasteiger partial charge >= 0.3 is 23.9 Å². The fourth-order valence-corrected chi connectivity index (χ4v) is 6.02. The molecule has 9 atom stereocenters. The van der Waals surface area contributed by atoms with Crippen LogP contribution in [-0.2, 0) is 42.8 Å². The van der Waals surface area contributed by atoms with E-state index in [2.05, 4.69) is 6.58 Å². The minimum atomic E-state index is -1.45. The molecule has 1 saturated carbocycles. The van der Waals surface area contributed by atoms with Crippen LogP contribution in [-0.4, -0.2) is 71.4 Å². The number of hydrogen-bond donors (Lipinski definition) is 1. The van der Waals surface area contributed by atoms with Gasteiger partial charge in [-0.15, -0.1) is 0 Å². The second kappa shape index (κ2) is 13.4. The van der Waals surface area contributed by atoms with E-state index < -0.39 is 78.1 Å². The molecule has 1 saturated heterocycles. The van der Waals surface area contributed by atoms with Crippen LogP contribution in [0.3, 0.4) is 0 Å². The van der Waals surface area contributed by atoms with Crippen molar-refractivity contribution in [3.63, 3.8) is 0 Å². The van der Waals surface area contributed by atoms with Gasteiger partial charge in [-0.1, -0.05) is 30.4 Å². The molecule has 1 N–H and O–H groups in total. The molecule has 0 amide bonds. The van der Waals surface area contributed by atoms with Crippen LogP contribution in [0.15, 0.2) is 66.0 Å². The molecule has 0 spiro atoms. The van der Waals surface area contributed by atoms with Crippen LogP contribution in [0.1, 0.15) is 64.7 Å². The van der Waals surface area contributed by atoms with Gasteiger partial charge in [-0.3, -0.25) is 14.4 Å². The predicted octanol–water partition coefficient (Wildman–Crippen LogP) is 3.95. The zero-order valence-electron chi connectivity index (χ0n) is 25.8. The molecule has 44 heavy (non-hydrogen) atoms. The van der Waals surface area contributed by atoms with Crippen LogP contribution < -0.4 is 0 Å². The molecule has 0 radical (unpaired) electrons. The highest BCUT2D eigenvalue weighted by molar-refractivity contribution is 5.89. The van der Waals surface area contributed by atoms with Crippen molar-refractivity contribution >= 4 is 23.9 Å². The second-order valence-corrected chi connectivity index (χ2v) is 11.9. The molecule has 4 rings (SSSR count). The normalized spacial score (nSPS) is 30.5. The van der Waals surface area contributed by atoms with Crippen molar-refractivity contribution in [3.05, 3.63) is 71.5 Å². The first-order valence-electron chi connectivity index (χ1n) is 14.5. The van der Waals surface area contributed by atoms with Gasteiger partial charge in [0.05, 0.1) is 23.3 Å². The molecule has 1 aromatic rings. The summed E-state index contributed by atoms with van der Waals surface area (Å²) in [5.74, 6) is -3.94. The summed E-state index contributed by atoms with van der Waals surface area (Å²) in [7, 11) is 0. The van der Waals surface area contributed by atoms with Crippen LogP contribution in [0, 0.1) is 11.8 Å². The Bertz CT molecular complexity index is 1340. The highest BCUT2D eigenvalue weighted by Crippen LogP contribution is 2.52. The molecule has 2 aliphatic heterocycles. The number of carbonyl (C=O) groups is 4. The smallest absolute Gasteiger partial charge is 0.338 e. The number of allylic oxidation sites excluding steroid dienone is 1. The van der Waals surface area contributed by atoms with Crippen molar-refractivity contribution in [2.24, 2.45) is 11.8 Å². The average molecular weight is 613 g/mol.